The number of hydrogen-bond acceptors (Lipinski definition) is 6. The fraction of sp³-hybridized carbons (Fsp3) is 0.357. The number of amides is 1. The molecule has 0 saturated heterocycles. The Balaban J connectivity index is 1.87. The number of carbonyl (C=O) groups is 1. The zero-order valence-corrected chi connectivity index (χ0v) is 14.4. The molecule has 0 aliphatic rings. The molecule has 21 heavy (non-hydrogen) atoms. The summed E-state index contributed by atoms with van der Waals surface area (Å²) in [6.07, 6.45) is 1.09. The summed E-state index contributed by atoms with van der Waals surface area (Å²) in [6, 6.07) is 9.90. The Morgan fingerprint density at radius 1 is 1.33 bits per heavy atom. The summed E-state index contributed by atoms with van der Waals surface area (Å²) >= 11 is 4.62. The second-order valence-electron chi connectivity index (χ2n) is 4.28. The molecular formula is C14H17N3OS3. The van der Waals surface area contributed by atoms with Crippen molar-refractivity contribution < 1.29 is 4.79 Å². The number of hydrogen-bond donors (Lipinski definition) is 1. The Morgan fingerprint density at radius 2 is 2.10 bits per heavy atom. The average molecular weight is 340 g/mol. The van der Waals surface area contributed by atoms with Crippen molar-refractivity contribution in [3.8, 4) is 0 Å². The summed E-state index contributed by atoms with van der Waals surface area (Å²) in [4.78, 5) is 13.2. The summed E-state index contributed by atoms with van der Waals surface area (Å²) < 4.78 is 0.899. The third-order valence-corrected chi connectivity index (χ3v) is 5.78. The predicted molar refractivity (Wildman–Crippen MR) is 91.3 cm³/mol. The van der Waals surface area contributed by atoms with Crippen molar-refractivity contribution in [3.63, 3.8) is 0 Å². The Bertz CT molecular complexity index is 574. The second-order valence-corrected chi connectivity index (χ2v) is 8.02. The van der Waals surface area contributed by atoms with Crippen molar-refractivity contribution in [1.29, 1.82) is 0 Å². The first-order chi connectivity index (χ1) is 10.2. The van der Waals surface area contributed by atoms with Crippen molar-refractivity contribution in [2.75, 3.05) is 11.1 Å². The van der Waals surface area contributed by atoms with E-state index in [1.165, 1.54) is 23.1 Å². The highest BCUT2D eigenvalue weighted by Crippen LogP contribution is 2.27. The maximum absolute atomic E-state index is 12.1. The van der Waals surface area contributed by atoms with Crippen molar-refractivity contribution >= 4 is 45.9 Å². The molecule has 2 aromatic rings. The lowest BCUT2D eigenvalue weighted by molar-refractivity contribution is -0.115. The molecule has 1 heterocycles. The van der Waals surface area contributed by atoms with Crippen LogP contribution < -0.4 is 5.32 Å². The smallest absolute Gasteiger partial charge is 0.239 e. The largest absolute Gasteiger partial charge is 0.300 e. The van der Waals surface area contributed by atoms with Gasteiger partial charge >= 0.3 is 0 Å². The molecule has 1 amide bonds. The Morgan fingerprint density at radius 3 is 2.81 bits per heavy atom. The molecule has 0 bridgehead atoms. The number of nitrogens with zero attached hydrogens (tertiary/aromatic N) is 2. The molecule has 1 unspecified atom stereocenters. The molecule has 7 heteroatoms. The summed E-state index contributed by atoms with van der Waals surface area (Å²) in [7, 11) is 0. The van der Waals surface area contributed by atoms with Crippen molar-refractivity contribution in [2.45, 2.75) is 34.8 Å². The van der Waals surface area contributed by atoms with Crippen LogP contribution in [0, 0.1) is 0 Å². The van der Waals surface area contributed by atoms with Gasteiger partial charge in [-0.15, -0.1) is 22.0 Å². The van der Waals surface area contributed by atoms with Crippen LogP contribution in [0.25, 0.3) is 0 Å². The van der Waals surface area contributed by atoms with Gasteiger partial charge in [0.15, 0.2) is 4.34 Å². The van der Waals surface area contributed by atoms with E-state index in [2.05, 4.69) is 22.4 Å². The minimum atomic E-state index is -0.178. The molecule has 0 radical (unpaired) electrons. The van der Waals surface area contributed by atoms with Gasteiger partial charge in [0, 0.05) is 10.6 Å². The molecule has 2 rings (SSSR count). The molecule has 1 aromatic heterocycles. The lowest BCUT2D eigenvalue weighted by Gasteiger charge is -2.09. The van der Waals surface area contributed by atoms with E-state index in [0.29, 0.717) is 5.13 Å². The van der Waals surface area contributed by atoms with Gasteiger partial charge in [-0.2, -0.15) is 0 Å². The SMILES string of the molecule is CCCSc1nnc(NC(=O)C(C)Sc2ccccc2)s1. The van der Waals surface area contributed by atoms with E-state index in [-0.39, 0.29) is 11.2 Å². The average Bonchev–Trinajstić information content (AvgIpc) is 2.93. The van der Waals surface area contributed by atoms with Gasteiger partial charge in [-0.05, 0) is 25.5 Å². The number of benzene rings is 1. The van der Waals surface area contributed by atoms with Crippen molar-refractivity contribution in [2.24, 2.45) is 0 Å². The van der Waals surface area contributed by atoms with Crippen LogP contribution in [-0.2, 0) is 4.79 Å². The van der Waals surface area contributed by atoms with Gasteiger partial charge in [0.25, 0.3) is 0 Å². The van der Waals surface area contributed by atoms with E-state index in [9.17, 15) is 4.79 Å². The fourth-order valence-electron chi connectivity index (χ4n) is 1.47. The molecule has 0 aliphatic heterocycles. The molecule has 1 atom stereocenters. The lowest BCUT2D eigenvalue weighted by Crippen LogP contribution is -2.22. The quantitative estimate of drug-likeness (QED) is 0.606. The Hall–Kier alpha value is -1.05. The number of anilines is 1. The number of thioether (sulfide) groups is 2. The normalized spacial score (nSPS) is 12.1. The van der Waals surface area contributed by atoms with Crippen LogP contribution in [0.4, 0.5) is 5.13 Å². The first-order valence-electron chi connectivity index (χ1n) is 6.68. The third kappa shape index (κ3) is 5.33. The monoisotopic (exact) mass is 339 g/mol. The van der Waals surface area contributed by atoms with E-state index in [1.807, 2.05) is 37.3 Å². The standard InChI is InChI=1S/C14H17N3OS3/c1-3-9-19-14-17-16-13(21-14)15-12(18)10(2)20-11-7-5-4-6-8-11/h4-8,10H,3,9H2,1-2H3,(H,15,16,18). The number of carbonyl (C=O) groups excluding carboxylic acids is 1. The minimum absolute atomic E-state index is 0.0490. The number of rotatable bonds is 7. The van der Waals surface area contributed by atoms with Crippen molar-refractivity contribution in [3.05, 3.63) is 30.3 Å². The maximum atomic E-state index is 12.1. The van der Waals surface area contributed by atoms with E-state index in [0.717, 1.165) is 21.4 Å². The van der Waals surface area contributed by atoms with Crippen LogP contribution in [0.5, 0.6) is 0 Å². The van der Waals surface area contributed by atoms with Gasteiger partial charge < -0.3 is 0 Å². The molecular weight excluding hydrogens is 322 g/mol. The Labute approximate surface area is 137 Å². The lowest BCUT2D eigenvalue weighted by atomic mass is 10.4. The predicted octanol–water partition coefficient (Wildman–Crippen LogP) is 4.16. The van der Waals surface area contributed by atoms with E-state index >= 15 is 0 Å². The number of aromatic nitrogens is 2. The highest BCUT2D eigenvalue weighted by molar-refractivity contribution is 8.01. The van der Waals surface area contributed by atoms with Crippen LogP contribution in [0.15, 0.2) is 39.6 Å². The number of nitrogens with one attached hydrogen (secondary N) is 1. The summed E-state index contributed by atoms with van der Waals surface area (Å²) in [5.74, 6) is 0.968. The first-order valence-corrected chi connectivity index (χ1v) is 9.36. The topological polar surface area (TPSA) is 54.9 Å². The van der Waals surface area contributed by atoms with Gasteiger partial charge in [0.05, 0.1) is 5.25 Å². The third-order valence-electron chi connectivity index (χ3n) is 2.49. The maximum Gasteiger partial charge on any atom is 0.239 e. The van der Waals surface area contributed by atoms with Crippen LogP contribution in [0.1, 0.15) is 20.3 Å². The van der Waals surface area contributed by atoms with Crippen molar-refractivity contribution in [1.82, 2.24) is 10.2 Å². The second kappa shape index (κ2) is 8.41. The molecule has 1 aromatic carbocycles. The fourth-order valence-corrected chi connectivity index (χ4v) is 4.04. The summed E-state index contributed by atoms with van der Waals surface area (Å²) in [5, 5.41) is 11.3. The Kier molecular flexibility index (Phi) is 6.53. The highest BCUT2D eigenvalue weighted by atomic mass is 32.2. The van der Waals surface area contributed by atoms with Crippen LogP contribution in [-0.4, -0.2) is 27.1 Å². The van der Waals surface area contributed by atoms with E-state index in [4.69, 9.17) is 0 Å². The minimum Gasteiger partial charge on any atom is -0.300 e. The van der Waals surface area contributed by atoms with Crippen LogP contribution >= 0.6 is 34.9 Å². The zero-order chi connectivity index (χ0) is 15.1. The first kappa shape index (κ1) is 16.3. The van der Waals surface area contributed by atoms with E-state index in [1.54, 1.807) is 11.8 Å². The molecule has 4 nitrogen and oxygen atoms in total. The highest BCUT2D eigenvalue weighted by Gasteiger charge is 2.16. The molecule has 0 aliphatic carbocycles. The summed E-state index contributed by atoms with van der Waals surface area (Å²) in [5.41, 5.74) is 0. The van der Waals surface area contributed by atoms with Gasteiger partial charge in [0.1, 0.15) is 0 Å². The van der Waals surface area contributed by atoms with Crippen LogP contribution in [0.2, 0.25) is 0 Å². The van der Waals surface area contributed by atoms with Gasteiger partial charge in [-0.1, -0.05) is 48.2 Å². The zero-order valence-electron chi connectivity index (χ0n) is 11.9. The van der Waals surface area contributed by atoms with Gasteiger partial charge in [0.2, 0.25) is 11.0 Å². The summed E-state index contributed by atoms with van der Waals surface area (Å²) in [6.45, 7) is 4.01. The molecule has 112 valence electrons. The van der Waals surface area contributed by atoms with Gasteiger partial charge in [-0.25, -0.2) is 0 Å². The molecule has 1 N–H and O–H groups in total. The molecule has 0 spiro atoms. The molecule has 0 saturated carbocycles. The van der Waals surface area contributed by atoms with Crippen LogP contribution in [0.3, 0.4) is 0 Å². The molecule has 0 fully saturated rings. The van der Waals surface area contributed by atoms with E-state index < -0.39 is 0 Å². The van der Waals surface area contributed by atoms with Gasteiger partial charge in [-0.3, -0.25) is 10.1 Å².